The number of rotatable bonds is 5. The van der Waals surface area contributed by atoms with Crippen molar-refractivity contribution in [2.24, 2.45) is 7.05 Å². The van der Waals surface area contributed by atoms with Crippen molar-refractivity contribution < 1.29 is 9.50 Å². The Labute approximate surface area is 190 Å². The van der Waals surface area contributed by atoms with Gasteiger partial charge in [-0.3, -0.25) is 4.68 Å². The predicted octanol–water partition coefficient (Wildman–Crippen LogP) is 4.29. The molecule has 0 amide bonds. The molecule has 166 valence electrons. The molecule has 3 heterocycles. The number of hydrogen-bond donors (Lipinski definition) is 1. The molecule has 0 bridgehead atoms. The van der Waals surface area contributed by atoms with Crippen molar-refractivity contribution >= 4 is 11.6 Å². The van der Waals surface area contributed by atoms with E-state index in [0.29, 0.717) is 28.6 Å². The van der Waals surface area contributed by atoms with E-state index in [-0.39, 0.29) is 5.82 Å². The zero-order chi connectivity index (χ0) is 23.2. The first-order valence-corrected chi connectivity index (χ1v) is 10.5. The summed E-state index contributed by atoms with van der Waals surface area (Å²) >= 11 is 6.40. The quantitative estimate of drug-likeness (QED) is 0.486. The topological polar surface area (TPSA) is 81.7 Å². The molecule has 0 spiro atoms. The van der Waals surface area contributed by atoms with E-state index in [1.54, 1.807) is 42.3 Å². The van der Waals surface area contributed by atoms with Gasteiger partial charge in [0.05, 0.1) is 33.5 Å². The van der Waals surface area contributed by atoms with Gasteiger partial charge in [-0.1, -0.05) is 11.6 Å². The predicted molar refractivity (Wildman–Crippen MR) is 120 cm³/mol. The number of nitrogens with zero attached hydrogens (tertiary/aromatic N) is 6. The van der Waals surface area contributed by atoms with Gasteiger partial charge in [0.25, 0.3) is 0 Å². The second-order valence-electron chi connectivity index (χ2n) is 8.31. The molecule has 4 aromatic rings. The van der Waals surface area contributed by atoms with Gasteiger partial charge in [-0.25, -0.2) is 19.0 Å². The van der Waals surface area contributed by atoms with Crippen LogP contribution in [0, 0.1) is 19.7 Å². The van der Waals surface area contributed by atoms with Gasteiger partial charge < -0.3 is 5.11 Å². The molecule has 0 saturated carbocycles. The van der Waals surface area contributed by atoms with Gasteiger partial charge in [-0.15, -0.1) is 0 Å². The molecule has 0 atom stereocenters. The maximum Gasteiger partial charge on any atom is 0.157 e. The molecule has 0 saturated heterocycles. The third-order valence-electron chi connectivity index (χ3n) is 5.34. The Morgan fingerprint density at radius 2 is 1.78 bits per heavy atom. The van der Waals surface area contributed by atoms with Crippen LogP contribution in [0.2, 0.25) is 5.02 Å². The summed E-state index contributed by atoms with van der Waals surface area (Å²) < 4.78 is 16.7. The zero-order valence-corrected chi connectivity index (χ0v) is 19.3. The number of aromatic nitrogens is 6. The smallest absolute Gasteiger partial charge is 0.157 e. The van der Waals surface area contributed by atoms with Crippen LogP contribution in [0.1, 0.15) is 42.2 Å². The van der Waals surface area contributed by atoms with E-state index in [9.17, 15) is 9.50 Å². The normalized spacial score (nSPS) is 11.9. The highest BCUT2D eigenvalue weighted by Gasteiger charge is 2.28. The van der Waals surface area contributed by atoms with Crippen LogP contribution < -0.4 is 0 Å². The molecule has 7 nitrogen and oxygen atoms in total. The van der Waals surface area contributed by atoms with Gasteiger partial charge in [-0.05, 0) is 57.5 Å². The van der Waals surface area contributed by atoms with Crippen molar-refractivity contribution in [3.8, 4) is 17.1 Å². The molecule has 0 fully saturated rings. The fourth-order valence-corrected chi connectivity index (χ4v) is 4.19. The molecular weight excluding hydrogens is 431 g/mol. The van der Waals surface area contributed by atoms with Crippen LogP contribution in [0.25, 0.3) is 17.1 Å². The average Bonchev–Trinajstić information content (AvgIpc) is 3.18. The first-order valence-electron chi connectivity index (χ1n) is 10.1. The number of halogens is 2. The van der Waals surface area contributed by atoms with Crippen LogP contribution in [0.15, 0.2) is 36.7 Å². The third kappa shape index (κ3) is 4.03. The standard InChI is InChI=1S/C23H24ClFN6O/c1-13-18(29-30(5)21(13)15-6-8-16(25)9-7-15)10-17-11-19(27-12-26-17)31-22(23(3,4)32)20(24)14(2)28-31/h6-9,11-12,32H,10H2,1-5H3. The van der Waals surface area contributed by atoms with Crippen molar-refractivity contribution in [3.63, 3.8) is 0 Å². The summed E-state index contributed by atoms with van der Waals surface area (Å²) in [5, 5.41) is 20.1. The second-order valence-corrected chi connectivity index (χ2v) is 8.69. The van der Waals surface area contributed by atoms with Crippen LogP contribution in [0.4, 0.5) is 4.39 Å². The van der Waals surface area contributed by atoms with Gasteiger partial charge in [-0.2, -0.15) is 10.2 Å². The van der Waals surface area contributed by atoms with Crippen molar-refractivity contribution in [3.05, 3.63) is 75.8 Å². The van der Waals surface area contributed by atoms with Crippen molar-refractivity contribution in [1.29, 1.82) is 0 Å². The van der Waals surface area contributed by atoms with Gasteiger partial charge in [0, 0.05) is 25.1 Å². The minimum Gasteiger partial charge on any atom is -0.384 e. The van der Waals surface area contributed by atoms with Gasteiger partial charge in [0.2, 0.25) is 0 Å². The molecule has 0 aliphatic carbocycles. The molecule has 1 N–H and O–H groups in total. The van der Waals surface area contributed by atoms with Gasteiger partial charge >= 0.3 is 0 Å². The summed E-state index contributed by atoms with van der Waals surface area (Å²) in [5.74, 6) is 0.233. The largest absolute Gasteiger partial charge is 0.384 e. The van der Waals surface area contributed by atoms with Crippen LogP contribution in [0.5, 0.6) is 0 Å². The number of benzene rings is 1. The summed E-state index contributed by atoms with van der Waals surface area (Å²) in [5.41, 5.74) is 4.28. The lowest BCUT2D eigenvalue weighted by atomic mass is 10.0. The summed E-state index contributed by atoms with van der Waals surface area (Å²) in [4.78, 5) is 8.74. The second kappa shape index (κ2) is 8.11. The first kappa shape index (κ1) is 22.1. The first-order chi connectivity index (χ1) is 15.1. The molecule has 9 heteroatoms. The molecule has 0 radical (unpaired) electrons. The monoisotopic (exact) mass is 454 g/mol. The maximum absolute atomic E-state index is 13.3. The van der Waals surface area contributed by atoms with Gasteiger partial charge in [0.1, 0.15) is 17.7 Å². The Balaban J connectivity index is 1.71. The number of hydrogen-bond acceptors (Lipinski definition) is 5. The minimum atomic E-state index is -1.20. The molecule has 4 rings (SSSR count). The highest BCUT2D eigenvalue weighted by Crippen LogP contribution is 2.32. The lowest BCUT2D eigenvalue weighted by molar-refractivity contribution is 0.0711. The van der Waals surface area contributed by atoms with Crippen molar-refractivity contribution in [2.45, 2.75) is 39.7 Å². The molecule has 0 unspecified atom stereocenters. The van der Waals surface area contributed by atoms with Crippen molar-refractivity contribution in [2.75, 3.05) is 0 Å². The molecule has 0 aliphatic heterocycles. The van der Waals surface area contributed by atoms with Crippen LogP contribution >= 0.6 is 11.6 Å². The van der Waals surface area contributed by atoms with E-state index in [4.69, 9.17) is 11.6 Å². The molecular formula is C23H24ClFN6O. The Morgan fingerprint density at radius 3 is 2.44 bits per heavy atom. The summed E-state index contributed by atoms with van der Waals surface area (Å²) in [6.07, 6.45) is 1.94. The summed E-state index contributed by atoms with van der Waals surface area (Å²) in [7, 11) is 1.87. The van der Waals surface area contributed by atoms with Crippen LogP contribution in [-0.4, -0.2) is 34.6 Å². The Bertz CT molecular complexity index is 1290. The Kier molecular flexibility index (Phi) is 5.60. The van der Waals surface area contributed by atoms with Crippen LogP contribution in [-0.2, 0) is 19.1 Å². The van der Waals surface area contributed by atoms with E-state index in [1.807, 2.05) is 20.0 Å². The van der Waals surface area contributed by atoms with Crippen molar-refractivity contribution in [1.82, 2.24) is 29.5 Å². The summed E-state index contributed by atoms with van der Waals surface area (Å²) in [6.45, 7) is 7.08. The van der Waals surface area contributed by atoms with E-state index >= 15 is 0 Å². The molecule has 1 aromatic carbocycles. The highest BCUT2D eigenvalue weighted by molar-refractivity contribution is 6.32. The number of aryl methyl sites for hydroxylation is 2. The average molecular weight is 455 g/mol. The fraction of sp³-hybridized carbons (Fsp3) is 0.304. The van der Waals surface area contributed by atoms with E-state index < -0.39 is 5.60 Å². The summed E-state index contributed by atoms with van der Waals surface area (Å²) in [6, 6.07) is 8.18. The number of aliphatic hydroxyl groups is 1. The lowest BCUT2D eigenvalue weighted by Gasteiger charge is -2.19. The van der Waals surface area contributed by atoms with E-state index in [2.05, 4.69) is 20.2 Å². The maximum atomic E-state index is 13.3. The molecule has 3 aromatic heterocycles. The van der Waals surface area contributed by atoms with E-state index in [0.717, 1.165) is 28.2 Å². The lowest BCUT2D eigenvalue weighted by Crippen LogP contribution is -2.22. The van der Waals surface area contributed by atoms with Crippen LogP contribution in [0.3, 0.4) is 0 Å². The highest BCUT2D eigenvalue weighted by atomic mass is 35.5. The van der Waals surface area contributed by atoms with E-state index in [1.165, 1.54) is 18.5 Å². The zero-order valence-electron chi connectivity index (χ0n) is 18.6. The fourth-order valence-electron chi connectivity index (χ4n) is 3.84. The molecule has 0 aliphatic rings. The molecule has 32 heavy (non-hydrogen) atoms. The Hall–Kier alpha value is -3.10. The minimum absolute atomic E-state index is 0.276. The third-order valence-corrected chi connectivity index (χ3v) is 5.79. The SMILES string of the molecule is Cc1nn(-c2cc(Cc3nn(C)c(-c4ccc(F)cc4)c3C)ncn2)c(C(C)(C)O)c1Cl. The Morgan fingerprint density at radius 1 is 1.09 bits per heavy atom. The van der Waals surface area contributed by atoms with Gasteiger partial charge in [0.15, 0.2) is 5.82 Å².